The van der Waals surface area contributed by atoms with E-state index in [9.17, 15) is 18.0 Å². The summed E-state index contributed by atoms with van der Waals surface area (Å²) in [6, 6.07) is -0.295. The van der Waals surface area contributed by atoms with Crippen LogP contribution in [0.4, 0.5) is 13.2 Å². The van der Waals surface area contributed by atoms with E-state index >= 15 is 0 Å². The van der Waals surface area contributed by atoms with Crippen molar-refractivity contribution in [1.29, 1.82) is 0 Å². The third-order valence-corrected chi connectivity index (χ3v) is 2.84. The molecule has 0 saturated carbocycles. The van der Waals surface area contributed by atoms with Crippen LogP contribution in [-0.4, -0.2) is 42.7 Å². The van der Waals surface area contributed by atoms with Gasteiger partial charge in [-0.25, -0.2) is 0 Å². The first-order chi connectivity index (χ1) is 7.94. The first-order valence-corrected chi connectivity index (χ1v) is 6.03. The summed E-state index contributed by atoms with van der Waals surface area (Å²) in [5, 5.41) is 3.08. The molecule has 1 N–H and O–H groups in total. The molecular weight excluding hydrogens is 233 g/mol. The number of nitrogens with one attached hydrogen (secondary N) is 1. The molecule has 0 aromatic rings. The van der Waals surface area contributed by atoms with E-state index in [2.05, 4.69) is 5.32 Å². The number of carbonyl (C=O) groups excluding carboxylic acids is 1. The Morgan fingerprint density at radius 3 is 2.76 bits per heavy atom. The fraction of sp³-hybridized carbons (Fsp3) is 0.909. The van der Waals surface area contributed by atoms with Crippen molar-refractivity contribution >= 4 is 5.91 Å². The first kappa shape index (κ1) is 14.3. The summed E-state index contributed by atoms with van der Waals surface area (Å²) in [6.45, 7) is 2.94. The van der Waals surface area contributed by atoms with Crippen LogP contribution in [0.15, 0.2) is 0 Å². The lowest BCUT2D eigenvalue weighted by molar-refractivity contribution is -0.148. The highest BCUT2D eigenvalue weighted by molar-refractivity contribution is 5.82. The third-order valence-electron chi connectivity index (χ3n) is 2.84. The minimum Gasteiger partial charge on any atom is -0.341 e. The van der Waals surface area contributed by atoms with Crippen molar-refractivity contribution in [2.24, 2.45) is 0 Å². The average molecular weight is 252 g/mol. The Balaban J connectivity index is 2.42. The van der Waals surface area contributed by atoms with Crippen LogP contribution in [0.25, 0.3) is 0 Å². The summed E-state index contributed by atoms with van der Waals surface area (Å²) < 4.78 is 36.3. The average Bonchev–Trinajstić information content (AvgIpc) is 2.25. The summed E-state index contributed by atoms with van der Waals surface area (Å²) in [7, 11) is 0. The number of likely N-dealkylation sites (tertiary alicyclic amines) is 1. The summed E-state index contributed by atoms with van der Waals surface area (Å²) in [5.74, 6) is -0.186. The lowest BCUT2D eigenvalue weighted by atomic mass is 10.0. The van der Waals surface area contributed by atoms with E-state index in [1.54, 1.807) is 0 Å². The molecule has 0 bridgehead atoms. The molecule has 0 spiro atoms. The van der Waals surface area contributed by atoms with Crippen LogP contribution >= 0.6 is 0 Å². The van der Waals surface area contributed by atoms with Gasteiger partial charge in [0.05, 0.1) is 12.5 Å². The predicted molar refractivity (Wildman–Crippen MR) is 58.6 cm³/mol. The highest BCUT2D eigenvalue weighted by Gasteiger charge is 2.32. The molecule has 100 valence electrons. The molecule has 3 nitrogen and oxygen atoms in total. The van der Waals surface area contributed by atoms with Crippen molar-refractivity contribution in [1.82, 2.24) is 10.2 Å². The molecule has 0 aromatic carbocycles. The van der Waals surface area contributed by atoms with Gasteiger partial charge in [0.1, 0.15) is 0 Å². The minimum absolute atomic E-state index is 0.186. The van der Waals surface area contributed by atoms with E-state index < -0.39 is 12.6 Å². The number of piperidine rings is 1. The summed E-state index contributed by atoms with van der Waals surface area (Å²) in [5.41, 5.74) is 0. The van der Waals surface area contributed by atoms with Crippen LogP contribution in [-0.2, 0) is 4.79 Å². The van der Waals surface area contributed by atoms with Crippen molar-refractivity contribution in [3.63, 3.8) is 0 Å². The highest BCUT2D eigenvalue weighted by Crippen LogP contribution is 2.21. The number of carbonyl (C=O) groups is 1. The van der Waals surface area contributed by atoms with Crippen molar-refractivity contribution in [3.8, 4) is 0 Å². The Hall–Kier alpha value is -0.780. The lowest BCUT2D eigenvalue weighted by Crippen LogP contribution is -2.51. The number of rotatable bonds is 5. The number of amides is 1. The number of halogens is 3. The molecule has 1 rings (SSSR count). The molecule has 1 amide bonds. The molecule has 1 fully saturated rings. The van der Waals surface area contributed by atoms with Gasteiger partial charge in [0, 0.05) is 13.1 Å². The topological polar surface area (TPSA) is 32.3 Å². The number of hydrogen-bond acceptors (Lipinski definition) is 2. The molecule has 17 heavy (non-hydrogen) atoms. The standard InChI is InChI=1S/C11H19F3N2O/c1-2-6-15-9-4-3-7-16(10(9)17)8-5-11(12,13)14/h9,15H,2-8H2,1H3. The predicted octanol–water partition coefficient (Wildman–Crippen LogP) is 1.93. The van der Waals surface area contributed by atoms with Crippen LogP contribution in [0, 0.1) is 0 Å². The Kier molecular flexibility index (Phi) is 5.24. The van der Waals surface area contributed by atoms with Gasteiger partial charge < -0.3 is 10.2 Å². The van der Waals surface area contributed by atoms with Gasteiger partial charge in [-0.05, 0) is 25.8 Å². The fourth-order valence-corrected chi connectivity index (χ4v) is 1.93. The summed E-state index contributed by atoms with van der Waals surface area (Å²) in [6.07, 6.45) is -2.71. The zero-order valence-corrected chi connectivity index (χ0v) is 10.0. The van der Waals surface area contributed by atoms with E-state index in [0.717, 1.165) is 25.8 Å². The minimum atomic E-state index is -4.19. The number of alkyl halides is 3. The van der Waals surface area contributed by atoms with E-state index in [-0.39, 0.29) is 18.5 Å². The number of nitrogens with zero attached hydrogens (tertiary/aromatic N) is 1. The summed E-state index contributed by atoms with van der Waals surface area (Å²) in [4.78, 5) is 13.2. The quantitative estimate of drug-likeness (QED) is 0.811. The molecule has 1 heterocycles. The molecule has 1 atom stereocenters. The van der Waals surface area contributed by atoms with Gasteiger partial charge in [0.2, 0.25) is 5.91 Å². The largest absolute Gasteiger partial charge is 0.390 e. The Bertz CT molecular complexity index is 256. The van der Waals surface area contributed by atoms with E-state index in [1.807, 2.05) is 6.92 Å². The number of hydrogen-bond donors (Lipinski definition) is 1. The molecule has 0 aromatic heterocycles. The zero-order chi connectivity index (χ0) is 12.9. The van der Waals surface area contributed by atoms with Crippen molar-refractivity contribution in [3.05, 3.63) is 0 Å². The Morgan fingerprint density at radius 1 is 1.47 bits per heavy atom. The van der Waals surface area contributed by atoms with Crippen molar-refractivity contribution in [2.45, 2.75) is 44.8 Å². The van der Waals surface area contributed by atoms with Crippen LogP contribution in [0.5, 0.6) is 0 Å². The Morgan fingerprint density at radius 2 is 2.18 bits per heavy atom. The molecule has 1 aliphatic rings. The molecular formula is C11H19F3N2O. The van der Waals surface area contributed by atoms with Crippen LogP contribution in [0.3, 0.4) is 0 Å². The van der Waals surface area contributed by atoms with Gasteiger partial charge in [-0.3, -0.25) is 4.79 Å². The SMILES string of the molecule is CCCNC1CCCN(CCC(F)(F)F)C1=O. The second kappa shape index (κ2) is 6.23. The molecule has 0 aliphatic carbocycles. The molecule has 1 unspecified atom stereocenters. The maximum atomic E-state index is 12.1. The van der Waals surface area contributed by atoms with Crippen LogP contribution in [0.2, 0.25) is 0 Å². The fourth-order valence-electron chi connectivity index (χ4n) is 1.93. The Labute approximate surface area is 99.4 Å². The van der Waals surface area contributed by atoms with Gasteiger partial charge >= 0.3 is 6.18 Å². The zero-order valence-electron chi connectivity index (χ0n) is 10.0. The van der Waals surface area contributed by atoms with E-state index in [4.69, 9.17) is 0 Å². The lowest BCUT2D eigenvalue weighted by Gasteiger charge is -2.33. The van der Waals surface area contributed by atoms with Gasteiger partial charge in [0.25, 0.3) is 0 Å². The maximum Gasteiger partial charge on any atom is 0.390 e. The second-order valence-electron chi connectivity index (χ2n) is 4.34. The van der Waals surface area contributed by atoms with Crippen molar-refractivity contribution < 1.29 is 18.0 Å². The van der Waals surface area contributed by atoms with Crippen molar-refractivity contribution in [2.75, 3.05) is 19.6 Å². The first-order valence-electron chi connectivity index (χ1n) is 6.03. The van der Waals surface area contributed by atoms with E-state index in [0.29, 0.717) is 6.54 Å². The normalized spacial score (nSPS) is 22.0. The molecule has 1 aliphatic heterocycles. The van der Waals surface area contributed by atoms with Gasteiger partial charge in [-0.15, -0.1) is 0 Å². The molecule has 0 radical (unpaired) electrons. The molecule has 6 heteroatoms. The van der Waals surface area contributed by atoms with Crippen LogP contribution in [0.1, 0.15) is 32.6 Å². The summed E-state index contributed by atoms with van der Waals surface area (Å²) >= 11 is 0. The van der Waals surface area contributed by atoms with Gasteiger partial charge in [0.15, 0.2) is 0 Å². The highest BCUT2D eigenvalue weighted by atomic mass is 19.4. The van der Waals surface area contributed by atoms with Gasteiger partial charge in [-0.2, -0.15) is 13.2 Å². The van der Waals surface area contributed by atoms with Gasteiger partial charge in [-0.1, -0.05) is 6.92 Å². The second-order valence-corrected chi connectivity index (χ2v) is 4.34. The van der Waals surface area contributed by atoms with Crippen LogP contribution < -0.4 is 5.32 Å². The third kappa shape index (κ3) is 4.93. The monoisotopic (exact) mass is 252 g/mol. The molecule has 1 saturated heterocycles. The maximum absolute atomic E-state index is 12.1. The smallest absolute Gasteiger partial charge is 0.341 e. The van der Waals surface area contributed by atoms with E-state index in [1.165, 1.54) is 4.90 Å².